The van der Waals surface area contributed by atoms with Gasteiger partial charge in [0.15, 0.2) is 0 Å². The number of amides is 2. The third-order valence-electron chi connectivity index (χ3n) is 3.54. The van der Waals surface area contributed by atoms with Gasteiger partial charge in [-0.3, -0.25) is 14.9 Å². The molecule has 0 aromatic heterocycles. The summed E-state index contributed by atoms with van der Waals surface area (Å²) in [5, 5.41) is 13.4. The molecule has 1 rings (SSSR count). The van der Waals surface area contributed by atoms with Crippen molar-refractivity contribution in [2.24, 2.45) is 0 Å². The number of non-ortho nitro benzene ring substituents is 1. The summed E-state index contributed by atoms with van der Waals surface area (Å²) in [5.74, 6) is -0.185. The Morgan fingerprint density at radius 3 is 2.56 bits per heavy atom. The van der Waals surface area contributed by atoms with Gasteiger partial charge in [0.1, 0.15) is 5.60 Å². The van der Waals surface area contributed by atoms with Gasteiger partial charge in [-0.05, 0) is 33.3 Å². The highest BCUT2D eigenvalue weighted by Gasteiger charge is 2.20. The fourth-order valence-electron chi connectivity index (χ4n) is 2.10. The largest absolute Gasteiger partial charge is 0.444 e. The van der Waals surface area contributed by atoms with Crippen molar-refractivity contribution in [3.8, 4) is 0 Å². The number of nitrogens with zero attached hydrogens (tertiary/aromatic N) is 2. The van der Waals surface area contributed by atoms with E-state index in [1.807, 2.05) is 0 Å². The lowest BCUT2D eigenvalue weighted by Crippen LogP contribution is -2.36. The first kappa shape index (κ1) is 20.4. The molecular formula is C17H25N3O5. The fraction of sp³-hybridized carbons (Fsp3) is 0.529. The highest BCUT2D eigenvalue weighted by molar-refractivity contribution is 5.77. The molecule has 0 aliphatic rings. The molecule has 0 radical (unpaired) electrons. The van der Waals surface area contributed by atoms with Gasteiger partial charge in [-0.2, -0.15) is 0 Å². The van der Waals surface area contributed by atoms with Crippen LogP contribution in [0, 0.1) is 10.1 Å². The smallest absolute Gasteiger partial charge is 0.407 e. The molecule has 2 amide bonds. The summed E-state index contributed by atoms with van der Waals surface area (Å²) >= 11 is 0. The molecule has 0 aliphatic carbocycles. The minimum Gasteiger partial charge on any atom is -0.444 e. The number of nitro groups is 1. The van der Waals surface area contributed by atoms with Crippen molar-refractivity contribution < 1.29 is 19.2 Å². The number of nitro benzene ring substituents is 1. The van der Waals surface area contributed by atoms with Crippen LogP contribution in [-0.2, 0) is 9.53 Å². The van der Waals surface area contributed by atoms with Crippen LogP contribution in [-0.4, -0.2) is 41.0 Å². The molecular weight excluding hydrogens is 326 g/mol. The number of alkyl carbamates (subject to hydrolysis) is 1. The van der Waals surface area contributed by atoms with Crippen molar-refractivity contribution in [1.82, 2.24) is 10.2 Å². The molecule has 25 heavy (non-hydrogen) atoms. The minimum atomic E-state index is -0.596. The van der Waals surface area contributed by atoms with Crippen LogP contribution in [0.3, 0.4) is 0 Å². The van der Waals surface area contributed by atoms with Crippen LogP contribution in [0.2, 0.25) is 0 Å². The minimum absolute atomic E-state index is 0.0169. The predicted molar refractivity (Wildman–Crippen MR) is 93.1 cm³/mol. The van der Waals surface area contributed by atoms with Crippen LogP contribution in [0.5, 0.6) is 0 Å². The van der Waals surface area contributed by atoms with E-state index < -0.39 is 16.6 Å². The van der Waals surface area contributed by atoms with E-state index in [2.05, 4.69) is 5.32 Å². The molecule has 1 aromatic rings. The molecule has 0 saturated heterocycles. The Morgan fingerprint density at radius 2 is 2.00 bits per heavy atom. The van der Waals surface area contributed by atoms with Crippen LogP contribution in [0.1, 0.15) is 45.7 Å². The molecule has 0 spiro atoms. The molecule has 8 nitrogen and oxygen atoms in total. The molecule has 8 heteroatoms. The predicted octanol–water partition coefficient (Wildman–Crippen LogP) is 3.03. The number of benzene rings is 1. The molecule has 0 fully saturated rings. The molecule has 0 bridgehead atoms. The first-order valence-electron chi connectivity index (χ1n) is 7.98. The van der Waals surface area contributed by atoms with Crippen LogP contribution < -0.4 is 5.32 Å². The van der Waals surface area contributed by atoms with E-state index in [1.165, 1.54) is 17.0 Å². The average Bonchev–Trinajstić information content (AvgIpc) is 2.51. The molecule has 1 atom stereocenters. The van der Waals surface area contributed by atoms with Crippen LogP contribution >= 0.6 is 0 Å². The second-order valence-corrected chi connectivity index (χ2v) is 6.71. The third-order valence-corrected chi connectivity index (χ3v) is 3.54. The molecule has 138 valence electrons. The molecule has 0 saturated carbocycles. The van der Waals surface area contributed by atoms with Crippen LogP contribution in [0.25, 0.3) is 0 Å². The van der Waals surface area contributed by atoms with E-state index in [9.17, 15) is 19.7 Å². The Hall–Kier alpha value is -2.64. The summed E-state index contributed by atoms with van der Waals surface area (Å²) in [6.07, 6.45) is -0.468. The standard InChI is InChI=1S/C17H25N3O5/c1-12(13-7-6-8-14(11-13)20(23)24)19(5)15(21)9-10-18-16(22)25-17(2,3)4/h6-8,11-12H,9-10H2,1-5H3,(H,18,22)/t12-/m0/s1. The van der Waals surface area contributed by atoms with Gasteiger partial charge in [-0.25, -0.2) is 4.79 Å². The topological polar surface area (TPSA) is 102 Å². The highest BCUT2D eigenvalue weighted by Crippen LogP contribution is 2.23. The van der Waals surface area contributed by atoms with Gasteiger partial charge in [-0.15, -0.1) is 0 Å². The van der Waals surface area contributed by atoms with E-state index in [1.54, 1.807) is 46.9 Å². The van der Waals surface area contributed by atoms with E-state index in [4.69, 9.17) is 4.74 Å². The summed E-state index contributed by atoms with van der Waals surface area (Å²) in [6, 6.07) is 5.86. The molecule has 1 aromatic carbocycles. The van der Waals surface area contributed by atoms with E-state index in [0.717, 1.165) is 0 Å². The fourth-order valence-corrected chi connectivity index (χ4v) is 2.10. The quantitative estimate of drug-likeness (QED) is 0.627. The van der Waals surface area contributed by atoms with Crippen molar-refractivity contribution >= 4 is 17.7 Å². The number of ether oxygens (including phenoxy) is 1. The van der Waals surface area contributed by atoms with Gasteiger partial charge in [-0.1, -0.05) is 12.1 Å². The van der Waals surface area contributed by atoms with Gasteiger partial charge < -0.3 is 15.0 Å². The monoisotopic (exact) mass is 351 g/mol. The van der Waals surface area contributed by atoms with Crippen molar-refractivity contribution in [1.29, 1.82) is 0 Å². The summed E-state index contributed by atoms with van der Waals surface area (Å²) in [6.45, 7) is 7.21. The van der Waals surface area contributed by atoms with Crippen molar-refractivity contribution in [2.75, 3.05) is 13.6 Å². The zero-order chi connectivity index (χ0) is 19.2. The summed E-state index contributed by atoms with van der Waals surface area (Å²) < 4.78 is 5.09. The van der Waals surface area contributed by atoms with Gasteiger partial charge in [0.05, 0.1) is 11.0 Å². The third kappa shape index (κ3) is 6.78. The van der Waals surface area contributed by atoms with Crippen molar-refractivity contribution in [3.05, 3.63) is 39.9 Å². The molecule has 0 unspecified atom stereocenters. The van der Waals surface area contributed by atoms with Gasteiger partial charge in [0.2, 0.25) is 5.91 Å². The Balaban J connectivity index is 2.57. The maximum absolute atomic E-state index is 12.2. The summed E-state index contributed by atoms with van der Waals surface area (Å²) in [4.78, 5) is 35.7. The Labute approximate surface area is 147 Å². The number of hydrogen-bond donors (Lipinski definition) is 1. The highest BCUT2D eigenvalue weighted by atomic mass is 16.6. The second-order valence-electron chi connectivity index (χ2n) is 6.71. The Kier molecular flexibility index (Phi) is 6.90. The molecule has 1 N–H and O–H groups in total. The lowest BCUT2D eigenvalue weighted by molar-refractivity contribution is -0.384. The molecule has 0 heterocycles. The first-order valence-corrected chi connectivity index (χ1v) is 7.98. The normalized spacial score (nSPS) is 12.2. The zero-order valence-electron chi connectivity index (χ0n) is 15.2. The number of rotatable bonds is 6. The first-order chi connectivity index (χ1) is 11.5. The zero-order valence-corrected chi connectivity index (χ0v) is 15.2. The number of nitrogens with one attached hydrogen (secondary N) is 1. The van der Waals surface area contributed by atoms with Crippen LogP contribution in [0.4, 0.5) is 10.5 Å². The van der Waals surface area contributed by atoms with Gasteiger partial charge in [0, 0.05) is 32.1 Å². The lowest BCUT2D eigenvalue weighted by atomic mass is 10.1. The second kappa shape index (κ2) is 8.46. The number of carbonyl (C=O) groups excluding carboxylic acids is 2. The average molecular weight is 351 g/mol. The van der Waals surface area contributed by atoms with Gasteiger partial charge >= 0.3 is 6.09 Å². The van der Waals surface area contributed by atoms with Crippen LogP contribution in [0.15, 0.2) is 24.3 Å². The van der Waals surface area contributed by atoms with E-state index in [0.29, 0.717) is 5.56 Å². The SMILES string of the molecule is C[C@@H](c1cccc([N+](=O)[O-])c1)N(C)C(=O)CCNC(=O)OC(C)(C)C. The Bertz CT molecular complexity index is 639. The van der Waals surface area contributed by atoms with E-state index >= 15 is 0 Å². The van der Waals surface area contributed by atoms with Gasteiger partial charge in [0.25, 0.3) is 5.69 Å². The summed E-state index contributed by atoms with van der Waals surface area (Å²) in [5.41, 5.74) is 0.0588. The number of carbonyl (C=O) groups is 2. The van der Waals surface area contributed by atoms with Crippen molar-refractivity contribution in [3.63, 3.8) is 0 Å². The maximum Gasteiger partial charge on any atom is 0.407 e. The Morgan fingerprint density at radius 1 is 1.36 bits per heavy atom. The maximum atomic E-state index is 12.2. The number of hydrogen-bond acceptors (Lipinski definition) is 5. The molecule has 0 aliphatic heterocycles. The lowest BCUT2D eigenvalue weighted by Gasteiger charge is -2.25. The summed E-state index contributed by atoms with van der Waals surface area (Å²) in [7, 11) is 1.62. The van der Waals surface area contributed by atoms with E-state index in [-0.39, 0.29) is 30.6 Å². The van der Waals surface area contributed by atoms with Crippen molar-refractivity contribution in [2.45, 2.75) is 45.8 Å².